The van der Waals surface area contributed by atoms with Gasteiger partial charge in [-0.3, -0.25) is 9.59 Å². The standard InChI is InChI=1S/C16H14N2O3S/c19-15-9-21-13-7-10(1-2-12(13)17-15)16(20)18-5-3-14-11(8-18)4-6-22-14/h1-2,4,6-7H,3,5,8-9H2,(H,17,19). The Bertz CT molecular complexity index is 769. The maximum atomic E-state index is 12.7. The normalized spacial score (nSPS) is 16.4. The van der Waals surface area contributed by atoms with Crippen LogP contribution in [0.25, 0.3) is 0 Å². The van der Waals surface area contributed by atoms with Gasteiger partial charge in [0.15, 0.2) is 6.61 Å². The largest absolute Gasteiger partial charge is 0.482 e. The van der Waals surface area contributed by atoms with E-state index in [0.717, 1.165) is 13.0 Å². The van der Waals surface area contributed by atoms with E-state index in [0.29, 0.717) is 23.5 Å². The van der Waals surface area contributed by atoms with Crippen LogP contribution in [0.3, 0.4) is 0 Å². The van der Waals surface area contributed by atoms with Crippen LogP contribution in [0.1, 0.15) is 20.8 Å². The molecule has 0 spiro atoms. The van der Waals surface area contributed by atoms with Crippen molar-refractivity contribution in [1.29, 1.82) is 0 Å². The summed E-state index contributed by atoms with van der Waals surface area (Å²) in [6.07, 6.45) is 0.913. The quantitative estimate of drug-likeness (QED) is 0.878. The summed E-state index contributed by atoms with van der Waals surface area (Å²) in [5.74, 6) is 0.381. The highest BCUT2D eigenvalue weighted by molar-refractivity contribution is 7.10. The van der Waals surface area contributed by atoms with Crippen molar-refractivity contribution >= 4 is 28.8 Å². The maximum Gasteiger partial charge on any atom is 0.262 e. The van der Waals surface area contributed by atoms with Gasteiger partial charge in [-0.2, -0.15) is 0 Å². The average Bonchev–Trinajstić information content (AvgIpc) is 3.01. The molecular formula is C16H14N2O3S. The minimum atomic E-state index is -0.174. The molecule has 2 aromatic rings. The number of fused-ring (bicyclic) bond motifs is 2. The van der Waals surface area contributed by atoms with Gasteiger partial charge in [0.1, 0.15) is 5.75 Å². The Morgan fingerprint density at radius 3 is 3.14 bits per heavy atom. The molecule has 2 aliphatic heterocycles. The second-order valence-corrected chi connectivity index (χ2v) is 6.39. The number of benzene rings is 1. The van der Waals surface area contributed by atoms with Gasteiger partial charge >= 0.3 is 0 Å². The number of hydrogen-bond donors (Lipinski definition) is 1. The Balaban J connectivity index is 1.57. The van der Waals surface area contributed by atoms with Gasteiger partial charge in [-0.05, 0) is 41.6 Å². The zero-order valence-corrected chi connectivity index (χ0v) is 12.6. The number of nitrogens with zero attached hydrogens (tertiary/aromatic N) is 1. The Labute approximate surface area is 131 Å². The third-order valence-corrected chi connectivity index (χ3v) is 4.98. The molecular weight excluding hydrogens is 300 g/mol. The fourth-order valence-corrected chi connectivity index (χ4v) is 3.70. The topological polar surface area (TPSA) is 58.6 Å². The summed E-state index contributed by atoms with van der Waals surface area (Å²) >= 11 is 1.76. The molecule has 0 aliphatic carbocycles. The highest BCUT2D eigenvalue weighted by atomic mass is 32.1. The van der Waals surface area contributed by atoms with Gasteiger partial charge in [-0.1, -0.05) is 0 Å². The van der Waals surface area contributed by atoms with E-state index >= 15 is 0 Å². The maximum absolute atomic E-state index is 12.7. The Hall–Kier alpha value is -2.34. The van der Waals surface area contributed by atoms with Crippen LogP contribution in [0.5, 0.6) is 5.75 Å². The Kier molecular flexibility index (Phi) is 3.11. The SMILES string of the molecule is O=C1COc2cc(C(=O)N3CCc4sccc4C3)ccc2N1. The fraction of sp³-hybridized carbons (Fsp3) is 0.250. The monoisotopic (exact) mass is 314 g/mol. The van der Waals surface area contributed by atoms with Crippen molar-refractivity contribution in [3.63, 3.8) is 0 Å². The summed E-state index contributed by atoms with van der Waals surface area (Å²) in [5.41, 5.74) is 2.45. The number of amides is 2. The zero-order chi connectivity index (χ0) is 15.1. The molecule has 5 nitrogen and oxygen atoms in total. The molecule has 1 N–H and O–H groups in total. The van der Waals surface area contributed by atoms with Crippen LogP contribution in [-0.2, 0) is 17.8 Å². The van der Waals surface area contributed by atoms with E-state index in [2.05, 4.69) is 16.8 Å². The van der Waals surface area contributed by atoms with E-state index in [1.54, 1.807) is 29.5 Å². The second-order valence-electron chi connectivity index (χ2n) is 5.39. The van der Waals surface area contributed by atoms with Crippen LogP contribution in [0.4, 0.5) is 5.69 Å². The van der Waals surface area contributed by atoms with E-state index < -0.39 is 0 Å². The Morgan fingerprint density at radius 2 is 2.23 bits per heavy atom. The summed E-state index contributed by atoms with van der Waals surface area (Å²) in [5, 5.41) is 4.81. The van der Waals surface area contributed by atoms with Crippen LogP contribution in [0.2, 0.25) is 0 Å². The van der Waals surface area contributed by atoms with Gasteiger partial charge in [0.05, 0.1) is 5.69 Å². The number of carbonyl (C=O) groups excluding carboxylic acids is 2. The first kappa shape index (κ1) is 13.3. The van der Waals surface area contributed by atoms with E-state index in [-0.39, 0.29) is 18.4 Å². The Morgan fingerprint density at radius 1 is 1.32 bits per heavy atom. The summed E-state index contributed by atoms with van der Waals surface area (Å²) in [6.45, 7) is 1.39. The lowest BCUT2D eigenvalue weighted by molar-refractivity contribution is -0.118. The smallest absolute Gasteiger partial charge is 0.262 e. The van der Waals surface area contributed by atoms with Gasteiger partial charge in [0.2, 0.25) is 0 Å². The minimum Gasteiger partial charge on any atom is -0.482 e. The van der Waals surface area contributed by atoms with E-state index in [9.17, 15) is 9.59 Å². The second kappa shape index (κ2) is 5.14. The zero-order valence-electron chi connectivity index (χ0n) is 11.8. The molecule has 2 amide bonds. The summed E-state index contributed by atoms with van der Waals surface area (Å²) in [6, 6.07) is 7.25. The van der Waals surface area contributed by atoms with Gasteiger partial charge in [0.25, 0.3) is 11.8 Å². The number of thiophene rings is 1. The van der Waals surface area contributed by atoms with E-state index in [1.165, 1.54) is 10.4 Å². The van der Waals surface area contributed by atoms with Crippen LogP contribution < -0.4 is 10.1 Å². The molecule has 6 heteroatoms. The molecule has 0 atom stereocenters. The summed E-state index contributed by atoms with van der Waals surface area (Å²) < 4.78 is 5.38. The summed E-state index contributed by atoms with van der Waals surface area (Å²) in [7, 11) is 0. The van der Waals surface area contributed by atoms with Crippen molar-refractivity contribution in [2.75, 3.05) is 18.5 Å². The first-order valence-electron chi connectivity index (χ1n) is 7.12. The lowest BCUT2D eigenvalue weighted by Gasteiger charge is -2.27. The predicted octanol–water partition coefficient (Wildman–Crippen LogP) is 2.28. The van der Waals surface area contributed by atoms with Gasteiger partial charge in [0, 0.05) is 23.5 Å². The van der Waals surface area contributed by atoms with Crippen molar-refractivity contribution in [3.05, 3.63) is 45.6 Å². The number of carbonyl (C=O) groups is 2. The third-order valence-electron chi connectivity index (χ3n) is 3.96. The van der Waals surface area contributed by atoms with Gasteiger partial charge in [-0.25, -0.2) is 0 Å². The molecule has 0 saturated heterocycles. The predicted molar refractivity (Wildman–Crippen MR) is 83.3 cm³/mol. The first-order valence-corrected chi connectivity index (χ1v) is 8.00. The van der Waals surface area contributed by atoms with Crippen molar-refractivity contribution in [2.45, 2.75) is 13.0 Å². The molecule has 112 valence electrons. The molecule has 2 aliphatic rings. The number of nitrogens with one attached hydrogen (secondary N) is 1. The fourth-order valence-electron chi connectivity index (χ4n) is 2.81. The molecule has 4 rings (SSSR count). The molecule has 22 heavy (non-hydrogen) atoms. The average molecular weight is 314 g/mol. The minimum absolute atomic E-state index is 0.000139. The van der Waals surface area contributed by atoms with Crippen molar-refractivity contribution in [3.8, 4) is 5.75 Å². The van der Waals surface area contributed by atoms with Crippen molar-refractivity contribution in [2.24, 2.45) is 0 Å². The first-order chi connectivity index (χ1) is 10.7. The van der Waals surface area contributed by atoms with E-state index in [1.807, 2.05) is 4.90 Å². The van der Waals surface area contributed by atoms with Crippen LogP contribution in [0, 0.1) is 0 Å². The molecule has 3 heterocycles. The van der Waals surface area contributed by atoms with Crippen LogP contribution in [-0.4, -0.2) is 29.9 Å². The number of rotatable bonds is 1. The van der Waals surface area contributed by atoms with Gasteiger partial charge in [-0.15, -0.1) is 11.3 Å². The number of hydrogen-bond acceptors (Lipinski definition) is 4. The molecule has 0 fully saturated rings. The van der Waals surface area contributed by atoms with Crippen molar-refractivity contribution in [1.82, 2.24) is 4.90 Å². The highest BCUT2D eigenvalue weighted by Crippen LogP contribution is 2.30. The van der Waals surface area contributed by atoms with Gasteiger partial charge < -0.3 is 15.0 Å². The molecule has 0 saturated carbocycles. The number of ether oxygens (including phenoxy) is 1. The lowest BCUT2D eigenvalue weighted by atomic mass is 10.1. The molecule has 0 radical (unpaired) electrons. The molecule has 0 unspecified atom stereocenters. The third kappa shape index (κ3) is 2.25. The number of anilines is 1. The van der Waals surface area contributed by atoms with Crippen LogP contribution in [0.15, 0.2) is 29.6 Å². The summed E-state index contributed by atoms with van der Waals surface area (Å²) in [4.78, 5) is 27.2. The molecule has 1 aromatic heterocycles. The molecule has 0 bridgehead atoms. The highest BCUT2D eigenvalue weighted by Gasteiger charge is 2.24. The lowest BCUT2D eigenvalue weighted by Crippen LogP contribution is -2.35. The molecule has 1 aromatic carbocycles. The van der Waals surface area contributed by atoms with E-state index in [4.69, 9.17) is 4.74 Å². The van der Waals surface area contributed by atoms with Crippen molar-refractivity contribution < 1.29 is 14.3 Å². The van der Waals surface area contributed by atoms with Crippen LogP contribution >= 0.6 is 11.3 Å².